The molecular formula is C26H59Cl2N3O2S2. The third kappa shape index (κ3) is 36.6. The van der Waals surface area contributed by atoms with E-state index in [-0.39, 0.29) is 35.4 Å². The zero-order valence-electron chi connectivity index (χ0n) is 23.9. The lowest BCUT2D eigenvalue weighted by Crippen LogP contribution is -3.00. The minimum Gasteiger partial charge on any atom is -1.00 e. The fourth-order valence-corrected chi connectivity index (χ4v) is 3.27. The van der Waals surface area contributed by atoms with Gasteiger partial charge in [0.25, 0.3) is 0 Å². The lowest BCUT2D eigenvalue weighted by atomic mass is 9.98. The smallest absolute Gasteiger partial charge is 0.224 e. The highest BCUT2D eigenvalue weighted by molar-refractivity contribution is 7.80. The summed E-state index contributed by atoms with van der Waals surface area (Å²) >= 11 is 13.2. The van der Waals surface area contributed by atoms with Crippen molar-refractivity contribution in [1.82, 2.24) is 10.2 Å². The van der Waals surface area contributed by atoms with Crippen molar-refractivity contribution in [3.05, 3.63) is 0 Å². The van der Waals surface area contributed by atoms with E-state index < -0.39 is 0 Å². The molecule has 216 valence electrons. The maximum atomic E-state index is 11.5. The van der Waals surface area contributed by atoms with Gasteiger partial charge < -0.3 is 28.4 Å². The van der Waals surface area contributed by atoms with Crippen LogP contribution >= 0.6 is 36.9 Å². The summed E-state index contributed by atoms with van der Waals surface area (Å²) in [6.07, 6.45) is 8.35. The van der Waals surface area contributed by atoms with Crippen LogP contribution < -0.4 is 23.5 Å². The van der Waals surface area contributed by atoms with Crippen molar-refractivity contribution in [3.8, 4) is 0 Å². The summed E-state index contributed by atoms with van der Waals surface area (Å²) in [5, 5.41) is 2.71. The van der Waals surface area contributed by atoms with Gasteiger partial charge in [0.2, 0.25) is 11.1 Å². The first kappa shape index (κ1) is 45.3. The van der Waals surface area contributed by atoms with Crippen LogP contribution in [0.4, 0.5) is 0 Å². The summed E-state index contributed by atoms with van der Waals surface area (Å²) in [5.74, 6) is 2.13. The second-order valence-corrected chi connectivity index (χ2v) is 9.28. The van der Waals surface area contributed by atoms with Crippen LogP contribution in [-0.4, -0.2) is 60.3 Å². The topological polar surface area (TPSA) is 77.1 Å². The molecule has 0 saturated heterocycles. The molecule has 0 saturated carbocycles. The second kappa shape index (κ2) is 38.9. The van der Waals surface area contributed by atoms with E-state index in [2.05, 4.69) is 82.8 Å². The van der Waals surface area contributed by atoms with Crippen molar-refractivity contribution < 1.29 is 27.7 Å². The van der Waals surface area contributed by atoms with Gasteiger partial charge in [-0.05, 0) is 56.9 Å². The number of nitrogens with zero attached hydrogens (tertiary/aromatic N) is 1. The molecule has 0 fully saturated rings. The molecule has 0 spiro atoms. The average molecular weight is 581 g/mol. The number of carbonyl (C=O) groups is 2. The average Bonchev–Trinajstić information content (AvgIpc) is 2.85. The van der Waals surface area contributed by atoms with Crippen molar-refractivity contribution in [2.24, 2.45) is 11.8 Å². The number of unbranched alkanes of at least 4 members (excludes halogenated alkanes) is 2. The number of thiol groups is 2. The number of quaternary nitrogens is 1. The quantitative estimate of drug-likeness (QED) is 0.168. The monoisotopic (exact) mass is 579 g/mol. The van der Waals surface area contributed by atoms with E-state index in [9.17, 15) is 9.59 Å². The molecule has 0 bridgehead atoms. The Morgan fingerprint density at radius 1 is 0.829 bits per heavy atom. The predicted octanol–water partition coefficient (Wildman–Crippen LogP) is 2.73. The van der Waals surface area contributed by atoms with Gasteiger partial charge in [-0.2, -0.15) is 25.3 Å². The first-order valence-corrected chi connectivity index (χ1v) is 15.1. The number of nitrogens with one attached hydrogen (secondary N) is 1. The highest BCUT2D eigenvalue weighted by Gasteiger charge is 2.14. The van der Waals surface area contributed by atoms with Crippen molar-refractivity contribution in [2.75, 3.05) is 44.2 Å². The first-order chi connectivity index (χ1) is 16.2. The van der Waals surface area contributed by atoms with Crippen LogP contribution in [0.15, 0.2) is 0 Å². The van der Waals surface area contributed by atoms with Gasteiger partial charge in [0.1, 0.15) is 0 Å². The van der Waals surface area contributed by atoms with Crippen LogP contribution in [0, 0.1) is 11.8 Å². The van der Waals surface area contributed by atoms with E-state index in [0.717, 1.165) is 69.4 Å². The molecule has 0 aromatic carbocycles. The SMILES string of the molecule is CCCCC(CC)C(=O)Cl.CCCCC(CC)C(=O)NCCS.CCN(CC)CC.[Cl-].[NH3+]CCS. The van der Waals surface area contributed by atoms with Gasteiger partial charge in [0.05, 0.1) is 6.54 Å². The van der Waals surface area contributed by atoms with Crippen LogP contribution in [-0.2, 0) is 9.59 Å². The molecule has 0 aliphatic rings. The molecule has 0 aliphatic heterocycles. The van der Waals surface area contributed by atoms with Crippen LogP contribution in [0.5, 0.6) is 0 Å². The Labute approximate surface area is 241 Å². The predicted molar refractivity (Wildman–Crippen MR) is 159 cm³/mol. The van der Waals surface area contributed by atoms with Gasteiger partial charge in [0, 0.05) is 29.9 Å². The normalized spacial score (nSPS) is 11.3. The fraction of sp³-hybridized carbons (Fsp3) is 0.923. The third-order valence-corrected chi connectivity index (χ3v) is 6.25. The maximum Gasteiger partial charge on any atom is 0.224 e. The molecule has 0 heterocycles. The van der Waals surface area contributed by atoms with Crippen molar-refractivity contribution >= 4 is 48.0 Å². The minimum atomic E-state index is -0.170. The molecule has 0 aromatic heterocycles. The van der Waals surface area contributed by atoms with Gasteiger partial charge in [-0.25, -0.2) is 0 Å². The van der Waals surface area contributed by atoms with Gasteiger partial charge in [-0.1, -0.05) is 74.1 Å². The van der Waals surface area contributed by atoms with Gasteiger partial charge >= 0.3 is 0 Å². The van der Waals surface area contributed by atoms with Gasteiger partial charge in [0.15, 0.2) is 0 Å². The van der Waals surface area contributed by atoms with Crippen LogP contribution in [0.25, 0.3) is 0 Å². The molecule has 35 heavy (non-hydrogen) atoms. The minimum absolute atomic E-state index is 0. The number of amides is 1. The van der Waals surface area contributed by atoms with Crippen molar-refractivity contribution in [3.63, 3.8) is 0 Å². The number of halogens is 2. The largest absolute Gasteiger partial charge is 1.00 e. The Morgan fingerprint density at radius 2 is 1.23 bits per heavy atom. The van der Waals surface area contributed by atoms with Crippen LogP contribution in [0.2, 0.25) is 0 Å². The molecule has 4 N–H and O–H groups in total. The fourth-order valence-electron chi connectivity index (χ4n) is 2.89. The van der Waals surface area contributed by atoms with Gasteiger partial charge in [-0.15, -0.1) is 0 Å². The molecule has 0 aliphatic carbocycles. The van der Waals surface area contributed by atoms with Crippen molar-refractivity contribution in [1.29, 1.82) is 0 Å². The molecule has 0 aromatic rings. The molecule has 2 atom stereocenters. The lowest BCUT2D eigenvalue weighted by Gasteiger charge is -2.13. The van der Waals surface area contributed by atoms with Crippen LogP contribution in [0.1, 0.15) is 99.8 Å². The highest BCUT2D eigenvalue weighted by Crippen LogP contribution is 2.15. The number of hydrogen-bond acceptors (Lipinski definition) is 5. The Bertz CT molecular complexity index is 413. The van der Waals surface area contributed by atoms with E-state index in [1.807, 2.05) is 6.92 Å². The van der Waals surface area contributed by atoms with E-state index >= 15 is 0 Å². The van der Waals surface area contributed by atoms with Crippen molar-refractivity contribution in [2.45, 2.75) is 99.8 Å². The zero-order chi connectivity index (χ0) is 27.2. The molecule has 5 nitrogen and oxygen atoms in total. The van der Waals surface area contributed by atoms with E-state index in [1.165, 1.54) is 19.6 Å². The molecule has 0 radical (unpaired) electrons. The standard InChI is InChI=1S/C10H21NOS.C8H15ClO.C6H15N.C2H7NS.ClH/c1-3-5-6-9(4-2)10(12)11-7-8-13;1-3-5-6-7(4-2)8(9)10;1-4-7(5-2)6-3;3-1-2-4;/h9,13H,3-8H2,1-2H3,(H,11,12);7H,3-6H2,1-2H3;4-6H2,1-3H3;4H,1-3H2;1H. The zero-order valence-corrected chi connectivity index (χ0v) is 27.2. The Hall–Kier alpha value is 0.340. The van der Waals surface area contributed by atoms with Crippen LogP contribution in [0.3, 0.4) is 0 Å². The van der Waals surface area contributed by atoms with Gasteiger partial charge in [-0.3, -0.25) is 9.59 Å². The summed E-state index contributed by atoms with van der Waals surface area (Å²) in [6, 6.07) is 0. The van der Waals surface area contributed by atoms with E-state index in [4.69, 9.17) is 11.6 Å². The second-order valence-electron chi connectivity index (χ2n) is 8.01. The Balaban J connectivity index is -0.000000122. The number of hydrogen-bond donors (Lipinski definition) is 4. The third-order valence-electron chi connectivity index (χ3n) is 5.40. The maximum absolute atomic E-state index is 11.5. The number of carbonyl (C=O) groups excluding carboxylic acids is 2. The van der Waals surface area contributed by atoms with E-state index in [0.29, 0.717) is 6.54 Å². The summed E-state index contributed by atoms with van der Waals surface area (Å²) in [5.41, 5.74) is 3.53. The Kier molecular flexibility index (Phi) is 50.3. The summed E-state index contributed by atoms with van der Waals surface area (Å²) in [6.45, 7) is 20.1. The highest BCUT2D eigenvalue weighted by atomic mass is 35.5. The first-order valence-electron chi connectivity index (χ1n) is 13.4. The number of rotatable bonds is 16. The molecule has 2 unspecified atom stereocenters. The summed E-state index contributed by atoms with van der Waals surface area (Å²) < 4.78 is 0. The lowest BCUT2D eigenvalue weighted by molar-refractivity contribution is -0.360. The molecular weight excluding hydrogens is 521 g/mol. The Morgan fingerprint density at radius 3 is 1.46 bits per heavy atom. The summed E-state index contributed by atoms with van der Waals surface area (Å²) in [4.78, 5) is 24.5. The molecule has 9 heteroatoms. The summed E-state index contributed by atoms with van der Waals surface area (Å²) in [7, 11) is 0. The molecule has 1 amide bonds. The van der Waals surface area contributed by atoms with E-state index in [1.54, 1.807) is 0 Å². The molecule has 0 rings (SSSR count).